The smallest absolute Gasteiger partial charge is 0.306 e. The monoisotopic (exact) mass is 1160 g/mol. The summed E-state index contributed by atoms with van der Waals surface area (Å²) in [5.74, 6) is -0.541. The van der Waals surface area contributed by atoms with Gasteiger partial charge >= 0.3 is 5.97 Å². The van der Waals surface area contributed by atoms with Crippen LogP contribution in [-0.4, -0.2) is 69.4 Å². The van der Waals surface area contributed by atoms with Gasteiger partial charge in [0, 0.05) is 12.8 Å². The van der Waals surface area contributed by atoms with Gasteiger partial charge in [0.1, 0.15) is 19.3 Å². The summed E-state index contributed by atoms with van der Waals surface area (Å²) in [6, 6.07) is -0.894. The molecule has 9 nitrogen and oxygen atoms in total. The largest absolute Gasteiger partial charge is 0.756 e. The number of carbonyl (C=O) groups excluding carboxylic acids is 2. The second kappa shape index (κ2) is 60.8. The highest BCUT2D eigenvalue weighted by atomic mass is 31.2. The molecule has 0 aliphatic heterocycles. The van der Waals surface area contributed by atoms with Crippen LogP contribution in [-0.2, 0) is 27.9 Å². The number of nitrogens with one attached hydrogen (secondary N) is 1. The third-order valence-corrected chi connectivity index (χ3v) is 16.4. The van der Waals surface area contributed by atoms with E-state index < -0.39 is 26.6 Å². The molecule has 3 atom stereocenters. The van der Waals surface area contributed by atoms with Gasteiger partial charge in [0.2, 0.25) is 5.91 Å². The van der Waals surface area contributed by atoms with Crippen LogP contribution in [0.1, 0.15) is 329 Å². The lowest BCUT2D eigenvalue weighted by Crippen LogP contribution is -2.47. The molecule has 0 aliphatic rings. The van der Waals surface area contributed by atoms with Crippen molar-refractivity contribution in [3.63, 3.8) is 0 Å². The number of hydrogen-bond donors (Lipinski definition) is 1. The average Bonchev–Trinajstić information content (AvgIpc) is 3.43. The number of phosphoric acid groups is 1. The van der Waals surface area contributed by atoms with E-state index in [2.05, 4.69) is 74.7 Å². The molecule has 0 heterocycles. The molecule has 0 rings (SSSR count). The van der Waals surface area contributed by atoms with E-state index in [0.717, 1.165) is 89.9 Å². The van der Waals surface area contributed by atoms with Crippen molar-refractivity contribution >= 4 is 19.7 Å². The quantitative estimate of drug-likeness (QED) is 0.0212. The summed E-state index contributed by atoms with van der Waals surface area (Å²) >= 11 is 0. The molecule has 81 heavy (non-hydrogen) atoms. The maximum absolute atomic E-state index is 13.6. The minimum atomic E-state index is -4.70. The molecule has 474 valence electrons. The van der Waals surface area contributed by atoms with Crippen LogP contribution in [0.5, 0.6) is 0 Å². The second-order valence-corrected chi connectivity index (χ2v) is 26.1. The first-order valence-electron chi connectivity index (χ1n) is 34.6. The van der Waals surface area contributed by atoms with Crippen molar-refractivity contribution in [1.82, 2.24) is 5.32 Å². The summed E-state index contributed by atoms with van der Waals surface area (Å²) in [6.45, 7) is 6.84. The first-order valence-corrected chi connectivity index (χ1v) is 36.1. The Hall–Kier alpha value is -2.29. The normalized spacial score (nSPS) is 13.9. The molecule has 0 radical (unpaired) electrons. The predicted molar refractivity (Wildman–Crippen MR) is 349 cm³/mol. The molecule has 3 unspecified atom stereocenters. The van der Waals surface area contributed by atoms with E-state index in [-0.39, 0.29) is 24.9 Å². The minimum Gasteiger partial charge on any atom is -0.756 e. The summed E-state index contributed by atoms with van der Waals surface area (Å²) < 4.78 is 30.4. The third-order valence-electron chi connectivity index (χ3n) is 15.5. The van der Waals surface area contributed by atoms with Gasteiger partial charge < -0.3 is 28.5 Å². The fraction of sp³-hybridized carbons (Fsp3) is 0.831. The number of phosphoric ester groups is 1. The number of likely N-dealkylation sites (N-methyl/N-ethyl adjacent to an activating group) is 1. The van der Waals surface area contributed by atoms with Crippen molar-refractivity contribution in [2.75, 3.05) is 40.9 Å². The van der Waals surface area contributed by atoms with Crippen LogP contribution < -0.4 is 10.2 Å². The Morgan fingerprint density at radius 3 is 1.15 bits per heavy atom. The van der Waals surface area contributed by atoms with Gasteiger partial charge in [-0.1, -0.05) is 300 Å². The molecule has 0 saturated carbocycles. The molecule has 0 fully saturated rings. The van der Waals surface area contributed by atoms with Crippen LogP contribution in [0.25, 0.3) is 0 Å². The zero-order chi connectivity index (χ0) is 59.3. The number of unbranched alkanes of at least 4 members (excludes halogenated alkanes) is 39. The molecule has 0 aromatic carbocycles. The van der Waals surface area contributed by atoms with Gasteiger partial charge in [0.05, 0.1) is 33.8 Å². The number of quaternary nitrogens is 1. The zero-order valence-electron chi connectivity index (χ0n) is 54.2. The standard InChI is InChI=1S/C71H133N2O7P/c1-7-10-13-16-19-22-25-27-29-31-33-35-36-38-39-41-43-45-48-51-54-57-60-63-70(74)72-68(67-79-81(76,77)78-66-65-73(4,5)6)69(62-59-56-53-50-47-24-21-18-15-12-9-3)80-71(75)64-61-58-55-52-49-46-44-42-40-37-34-32-30-28-26-23-20-17-14-11-8-2/h19,22,27,29,33,35,38-39,59,62,68-69H,7-18,20-21,23-26,28,30-32,34,36-37,40-58,60-61,63-67H2,1-6H3,(H-,72,74,76,77)/b22-19-,29-27-,35-33-,39-38-,62-59+. The Balaban J connectivity index is 5.09. The maximum atomic E-state index is 13.6. The predicted octanol–water partition coefficient (Wildman–Crippen LogP) is 21.2. The highest BCUT2D eigenvalue weighted by Gasteiger charge is 2.27. The Morgan fingerprint density at radius 2 is 0.753 bits per heavy atom. The lowest BCUT2D eigenvalue weighted by molar-refractivity contribution is -0.870. The van der Waals surface area contributed by atoms with Gasteiger partial charge in [0.25, 0.3) is 7.82 Å². The summed E-state index contributed by atoms with van der Waals surface area (Å²) in [5.41, 5.74) is 0. The van der Waals surface area contributed by atoms with Gasteiger partial charge in [-0.2, -0.15) is 0 Å². The van der Waals surface area contributed by atoms with Crippen LogP contribution >= 0.6 is 7.82 Å². The molecule has 0 saturated heterocycles. The van der Waals surface area contributed by atoms with E-state index in [1.807, 2.05) is 33.3 Å². The van der Waals surface area contributed by atoms with Crippen LogP contribution in [0.2, 0.25) is 0 Å². The van der Waals surface area contributed by atoms with Crippen molar-refractivity contribution in [1.29, 1.82) is 0 Å². The fourth-order valence-corrected chi connectivity index (χ4v) is 10.8. The number of ether oxygens (including phenoxy) is 1. The molecule has 0 aliphatic carbocycles. The zero-order valence-corrected chi connectivity index (χ0v) is 55.1. The molecule has 1 N–H and O–H groups in total. The maximum Gasteiger partial charge on any atom is 0.306 e. The van der Waals surface area contributed by atoms with E-state index in [9.17, 15) is 19.0 Å². The van der Waals surface area contributed by atoms with Gasteiger partial charge in [-0.25, -0.2) is 0 Å². The molecule has 1 amide bonds. The van der Waals surface area contributed by atoms with Crippen molar-refractivity contribution < 1.29 is 37.3 Å². The lowest BCUT2D eigenvalue weighted by Gasteiger charge is -2.30. The Morgan fingerprint density at radius 1 is 0.432 bits per heavy atom. The van der Waals surface area contributed by atoms with Gasteiger partial charge in [-0.3, -0.25) is 14.2 Å². The first kappa shape index (κ1) is 78.7. The van der Waals surface area contributed by atoms with Crippen LogP contribution in [0.3, 0.4) is 0 Å². The number of amides is 1. The summed E-state index contributed by atoms with van der Waals surface area (Å²) in [4.78, 5) is 40.1. The van der Waals surface area contributed by atoms with Crippen molar-refractivity contribution in [2.24, 2.45) is 0 Å². The highest BCUT2D eigenvalue weighted by molar-refractivity contribution is 7.45. The molecule has 10 heteroatoms. The lowest BCUT2D eigenvalue weighted by atomic mass is 10.0. The van der Waals surface area contributed by atoms with Crippen molar-refractivity contribution in [3.8, 4) is 0 Å². The molecular formula is C71H133N2O7P. The van der Waals surface area contributed by atoms with Crippen LogP contribution in [0.4, 0.5) is 0 Å². The van der Waals surface area contributed by atoms with E-state index in [4.69, 9.17) is 13.8 Å². The number of carbonyl (C=O) groups is 2. The number of nitrogens with zero attached hydrogens (tertiary/aromatic N) is 1. The van der Waals surface area contributed by atoms with Gasteiger partial charge in [-0.15, -0.1) is 0 Å². The molecule has 0 bridgehead atoms. The third kappa shape index (κ3) is 62.1. The summed E-state index contributed by atoms with van der Waals surface area (Å²) in [6.07, 6.45) is 77.7. The number of esters is 1. The fourth-order valence-electron chi connectivity index (χ4n) is 10.1. The first-order chi connectivity index (χ1) is 39.4. The Kier molecular flexibility index (Phi) is 59.1. The van der Waals surface area contributed by atoms with Crippen molar-refractivity contribution in [2.45, 2.75) is 341 Å². The van der Waals surface area contributed by atoms with Crippen LogP contribution in [0.15, 0.2) is 60.8 Å². The van der Waals surface area contributed by atoms with Crippen LogP contribution in [0, 0.1) is 0 Å². The Bertz CT molecular complexity index is 1570. The van der Waals surface area contributed by atoms with E-state index in [1.165, 1.54) is 205 Å². The van der Waals surface area contributed by atoms with Crippen molar-refractivity contribution in [3.05, 3.63) is 60.8 Å². The number of hydrogen-bond acceptors (Lipinski definition) is 7. The molecule has 0 aromatic heterocycles. The van der Waals surface area contributed by atoms with Gasteiger partial charge in [-0.05, 0) is 76.7 Å². The van der Waals surface area contributed by atoms with Gasteiger partial charge in [0.15, 0.2) is 0 Å². The van der Waals surface area contributed by atoms with E-state index in [1.54, 1.807) is 0 Å². The summed E-state index contributed by atoms with van der Waals surface area (Å²) in [7, 11) is 1.18. The average molecular weight is 1160 g/mol. The number of rotatable bonds is 63. The summed E-state index contributed by atoms with van der Waals surface area (Å²) in [5, 5.41) is 3.04. The second-order valence-electron chi connectivity index (χ2n) is 24.7. The molecular weight excluding hydrogens is 1020 g/mol. The minimum absolute atomic E-state index is 0.0245. The highest BCUT2D eigenvalue weighted by Crippen LogP contribution is 2.38. The van der Waals surface area contributed by atoms with E-state index in [0.29, 0.717) is 17.4 Å². The number of allylic oxidation sites excluding steroid dienone is 9. The molecule has 0 aromatic rings. The topological polar surface area (TPSA) is 114 Å². The SMILES string of the molecule is CCCCC/C=C\C/C=C\C/C=C\C/C=C\CCCCCCCCCC(=O)NC(COP(=O)([O-])OCC[N+](C)(C)C)C(/C=C/CCCCCCCCCCC)OC(=O)CCCCCCCCCCCCCCCCCCCCCCC. The molecule has 0 spiro atoms. The van der Waals surface area contributed by atoms with E-state index >= 15 is 0 Å². The Labute approximate surface area is 502 Å².